The third-order valence-corrected chi connectivity index (χ3v) is 10.1. The third kappa shape index (κ3) is 6.30. The van der Waals surface area contributed by atoms with E-state index in [1.807, 2.05) is 12.1 Å². The summed E-state index contributed by atoms with van der Waals surface area (Å²) in [4.78, 5) is 15.2. The lowest BCUT2D eigenvalue weighted by molar-refractivity contribution is -0.200. The van der Waals surface area contributed by atoms with Crippen LogP contribution in [0.3, 0.4) is 0 Å². The van der Waals surface area contributed by atoms with Gasteiger partial charge in [-0.25, -0.2) is 8.78 Å². The molecule has 1 aromatic heterocycles. The van der Waals surface area contributed by atoms with Crippen molar-refractivity contribution in [2.75, 3.05) is 57.6 Å². The summed E-state index contributed by atoms with van der Waals surface area (Å²) in [6, 6.07) is 12.1. The van der Waals surface area contributed by atoms with Crippen molar-refractivity contribution in [2.45, 2.75) is 50.6 Å². The van der Waals surface area contributed by atoms with E-state index >= 15 is 0 Å². The first-order chi connectivity index (χ1) is 20.9. The second kappa shape index (κ2) is 12.7. The number of hydrogen-bond donors (Lipinski definition) is 3. The molecule has 1 spiro atoms. The molecule has 3 fully saturated rings. The van der Waals surface area contributed by atoms with Crippen LogP contribution in [-0.4, -0.2) is 76.3 Å². The maximum atomic E-state index is 13.7. The molecular weight excluding hydrogens is 570 g/mol. The van der Waals surface area contributed by atoms with E-state index in [0.717, 1.165) is 41.8 Å². The Balaban J connectivity index is 1.13. The van der Waals surface area contributed by atoms with Gasteiger partial charge < -0.3 is 25.4 Å². The SMILES string of the molecule is CNC(=O)c1ccc(NCC#Cc2sc3c(NC4CCC(N5CC6(COC6)C5)CC4)cccc3c2CC(F)F)c(OC)c1. The van der Waals surface area contributed by atoms with E-state index in [2.05, 4.69) is 38.8 Å². The molecule has 0 bridgehead atoms. The quantitative estimate of drug-likeness (QED) is 0.275. The standard InChI is InChI=1S/C33H38F2N4O3S/c1-36-32(40)21-8-13-26(28(15-21)41-2)37-14-4-7-29-25(16-30(34)35)24-5-3-6-27(31(24)43-29)38-22-9-11-23(12-10-22)39-17-33(18-39)19-42-20-33/h3,5-6,8,13,15,22-23,30,37-38H,9-12,14,16-20H2,1-2H3,(H,36,40). The molecule has 2 saturated heterocycles. The van der Waals surface area contributed by atoms with Crippen molar-refractivity contribution in [3.8, 4) is 17.6 Å². The molecule has 3 aromatic rings. The van der Waals surface area contributed by atoms with Gasteiger partial charge in [0.05, 0.1) is 47.8 Å². The van der Waals surface area contributed by atoms with Gasteiger partial charge in [-0.05, 0) is 60.9 Å². The average molecular weight is 609 g/mol. The van der Waals surface area contributed by atoms with E-state index < -0.39 is 6.43 Å². The Kier molecular flexibility index (Phi) is 8.75. The fraction of sp³-hybridized carbons (Fsp3) is 0.485. The van der Waals surface area contributed by atoms with Crippen LogP contribution in [0.15, 0.2) is 36.4 Å². The highest BCUT2D eigenvalue weighted by molar-refractivity contribution is 7.20. The maximum Gasteiger partial charge on any atom is 0.251 e. The number of rotatable bonds is 9. The summed E-state index contributed by atoms with van der Waals surface area (Å²) in [5, 5.41) is 10.4. The number of thiophene rings is 1. The van der Waals surface area contributed by atoms with E-state index in [0.29, 0.717) is 44.9 Å². The van der Waals surface area contributed by atoms with Gasteiger partial charge in [0, 0.05) is 49.6 Å². The van der Waals surface area contributed by atoms with Gasteiger partial charge in [-0.3, -0.25) is 9.69 Å². The van der Waals surface area contributed by atoms with Crippen molar-refractivity contribution in [3.05, 3.63) is 52.4 Å². The molecule has 1 aliphatic carbocycles. The number of ether oxygens (including phenoxy) is 2. The number of methoxy groups -OCH3 is 1. The Labute approximate surface area is 255 Å². The molecule has 0 unspecified atom stereocenters. The number of fused-ring (bicyclic) bond motifs is 1. The molecule has 43 heavy (non-hydrogen) atoms. The summed E-state index contributed by atoms with van der Waals surface area (Å²) in [7, 11) is 3.11. The first-order valence-electron chi connectivity index (χ1n) is 14.9. The van der Waals surface area contributed by atoms with Gasteiger partial charge in [0.1, 0.15) is 5.75 Å². The van der Waals surface area contributed by atoms with Crippen LogP contribution in [0.5, 0.6) is 5.75 Å². The summed E-state index contributed by atoms with van der Waals surface area (Å²) >= 11 is 1.48. The summed E-state index contributed by atoms with van der Waals surface area (Å²) in [5.41, 5.74) is 3.24. The monoisotopic (exact) mass is 608 g/mol. The molecular formula is C33H38F2N4O3S. The maximum absolute atomic E-state index is 13.7. The average Bonchev–Trinajstić information content (AvgIpc) is 3.31. The lowest BCUT2D eigenvalue weighted by atomic mass is 9.75. The van der Waals surface area contributed by atoms with Gasteiger partial charge in [-0.1, -0.05) is 24.0 Å². The largest absolute Gasteiger partial charge is 0.495 e. The Morgan fingerprint density at radius 3 is 2.63 bits per heavy atom. The normalized spacial score (nSPS) is 21.0. The van der Waals surface area contributed by atoms with Crippen molar-refractivity contribution >= 4 is 38.7 Å². The number of carbonyl (C=O) groups is 1. The van der Waals surface area contributed by atoms with Crippen LogP contribution < -0.4 is 20.7 Å². The first-order valence-corrected chi connectivity index (χ1v) is 15.7. The predicted molar refractivity (Wildman–Crippen MR) is 168 cm³/mol. The zero-order valence-electron chi connectivity index (χ0n) is 24.6. The van der Waals surface area contributed by atoms with Crippen LogP contribution in [0.2, 0.25) is 0 Å². The lowest BCUT2D eigenvalue weighted by Crippen LogP contribution is -2.68. The smallest absolute Gasteiger partial charge is 0.251 e. The third-order valence-electron chi connectivity index (χ3n) is 8.90. The fourth-order valence-corrected chi connectivity index (χ4v) is 7.76. The number of benzene rings is 2. The van der Waals surface area contributed by atoms with Crippen LogP contribution in [0.4, 0.5) is 20.2 Å². The number of nitrogens with one attached hydrogen (secondary N) is 3. The number of carbonyl (C=O) groups excluding carboxylic acids is 1. The highest BCUT2D eigenvalue weighted by Crippen LogP contribution is 2.42. The Morgan fingerprint density at radius 2 is 1.95 bits per heavy atom. The molecule has 228 valence electrons. The summed E-state index contributed by atoms with van der Waals surface area (Å²) in [6.07, 6.45) is 1.76. The molecule has 6 rings (SSSR count). The highest BCUT2D eigenvalue weighted by atomic mass is 32.1. The van der Waals surface area contributed by atoms with Crippen molar-refractivity contribution in [2.24, 2.45) is 5.41 Å². The Hall–Kier alpha value is -3.39. The molecule has 1 amide bonds. The molecule has 0 radical (unpaired) electrons. The zero-order chi connectivity index (χ0) is 30.0. The topological polar surface area (TPSA) is 74.9 Å². The molecule has 7 nitrogen and oxygen atoms in total. The minimum Gasteiger partial charge on any atom is -0.495 e. The lowest BCUT2D eigenvalue weighted by Gasteiger charge is -2.58. The fourth-order valence-electron chi connectivity index (χ4n) is 6.58. The summed E-state index contributed by atoms with van der Waals surface area (Å²) in [5.74, 6) is 6.58. The minimum atomic E-state index is -2.46. The van der Waals surface area contributed by atoms with Crippen molar-refractivity contribution < 1.29 is 23.0 Å². The number of alkyl halides is 2. The molecule has 3 N–H and O–H groups in total. The molecule has 3 heterocycles. The Bertz CT molecular complexity index is 1530. The summed E-state index contributed by atoms with van der Waals surface area (Å²) < 4.78 is 39.2. The number of amides is 1. The predicted octanol–water partition coefficient (Wildman–Crippen LogP) is 5.60. The van der Waals surface area contributed by atoms with Gasteiger partial charge >= 0.3 is 0 Å². The molecule has 10 heteroatoms. The number of likely N-dealkylation sites (tertiary alicyclic amines) is 1. The molecule has 2 aliphatic heterocycles. The van der Waals surface area contributed by atoms with Gasteiger partial charge in [0.25, 0.3) is 5.91 Å². The van der Waals surface area contributed by atoms with Crippen LogP contribution >= 0.6 is 11.3 Å². The number of halogens is 2. The van der Waals surface area contributed by atoms with E-state index in [9.17, 15) is 13.6 Å². The second-order valence-corrected chi connectivity index (χ2v) is 12.9. The number of nitrogens with zero attached hydrogens (tertiary/aromatic N) is 1. The van der Waals surface area contributed by atoms with E-state index in [-0.39, 0.29) is 18.9 Å². The van der Waals surface area contributed by atoms with Crippen molar-refractivity contribution in [3.63, 3.8) is 0 Å². The molecule has 2 aromatic carbocycles. The van der Waals surface area contributed by atoms with Gasteiger partial charge in [0.15, 0.2) is 0 Å². The van der Waals surface area contributed by atoms with Gasteiger partial charge in [-0.15, -0.1) is 11.3 Å². The van der Waals surface area contributed by atoms with Crippen LogP contribution in [-0.2, 0) is 11.2 Å². The molecule has 0 atom stereocenters. The molecule has 3 aliphatic rings. The van der Waals surface area contributed by atoms with E-state index in [4.69, 9.17) is 9.47 Å². The van der Waals surface area contributed by atoms with Crippen molar-refractivity contribution in [1.29, 1.82) is 0 Å². The number of anilines is 2. The first kappa shape index (κ1) is 29.7. The highest BCUT2D eigenvalue weighted by Gasteiger charge is 2.50. The minimum absolute atomic E-state index is 0.202. The van der Waals surface area contributed by atoms with Gasteiger partial charge in [0.2, 0.25) is 6.43 Å². The number of hydrogen-bond acceptors (Lipinski definition) is 7. The van der Waals surface area contributed by atoms with Crippen LogP contribution in [0.25, 0.3) is 10.1 Å². The van der Waals surface area contributed by atoms with E-state index in [1.54, 1.807) is 25.2 Å². The molecule has 1 saturated carbocycles. The second-order valence-electron chi connectivity index (χ2n) is 11.9. The van der Waals surface area contributed by atoms with E-state index in [1.165, 1.54) is 44.4 Å². The Morgan fingerprint density at radius 1 is 1.16 bits per heavy atom. The summed E-state index contributed by atoms with van der Waals surface area (Å²) in [6.45, 7) is 4.48. The van der Waals surface area contributed by atoms with Gasteiger partial charge in [-0.2, -0.15) is 0 Å². The van der Waals surface area contributed by atoms with Crippen LogP contribution in [0.1, 0.15) is 46.5 Å². The zero-order valence-corrected chi connectivity index (χ0v) is 25.4. The van der Waals surface area contributed by atoms with Crippen molar-refractivity contribution in [1.82, 2.24) is 10.2 Å². The van der Waals surface area contributed by atoms with Crippen LogP contribution in [0, 0.1) is 17.3 Å².